The fraction of sp³-hybridized carbons (Fsp3) is 0.588. The maximum absolute atomic E-state index is 12.8. The Balaban J connectivity index is 1.59. The molecule has 0 aliphatic heterocycles. The van der Waals surface area contributed by atoms with Crippen molar-refractivity contribution in [3.63, 3.8) is 0 Å². The molecule has 1 amide bonds. The van der Waals surface area contributed by atoms with Crippen LogP contribution in [0.3, 0.4) is 0 Å². The Hall–Kier alpha value is -1.43. The standard InChI is InChI=1S/C17H19BrN2O3/c18-15-2-1-13(20(22)23)6-14(15)16(21)19-17-7-10-3-11(8-17)5-12(4-10)9-17/h1-2,6,10-12H,3-5,7-9H2,(H,19,21). The molecule has 0 spiro atoms. The summed E-state index contributed by atoms with van der Waals surface area (Å²) in [7, 11) is 0. The minimum absolute atomic E-state index is 0.0520. The van der Waals surface area contributed by atoms with Crippen LogP contribution < -0.4 is 5.32 Å². The number of hydrogen-bond acceptors (Lipinski definition) is 3. The van der Waals surface area contributed by atoms with E-state index in [1.807, 2.05) is 0 Å². The highest BCUT2D eigenvalue weighted by Crippen LogP contribution is 2.55. The summed E-state index contributed by atoms with van der Waals surface area (Å²) < 4.78 is 0.602. The molecular formula is C17H19BrN2O3. The zero-order chi connectivity index (χ0) is 16.2. The smallest absolute Gasteiger partial charge is 0.270 e. The summed E-state index contributed by atoms with van der Waals surface area (Å²) in [5.41, 5.74) is 0.217. The lowest BCUT2D eigenvalue weighted by molar-refractivity contribution is -0.384. The van der Waals surface area contributed by atoms with E-state index >= 15 is 0 Å². The molecule has 23 heavy (non-hydrogen) atoms. The molecule has 4 saturated carbocycles. The summed E-state index contributed by atoms with van der Waals surface area (Å²) in [6, 6.07) is 4.35. The molecule has 0 aromatic heterocycles. The number of benzene rings is 1. The van der Waals surface area contributed by atoms with Crippen LogP contribution in [-0.2, 0) is 0 Å². The molecule has 4 fully saturated rings. The second-order valence-corrected chi connectivity index (χ2v) is 8.43. The van der Waals surface area contributed by atoms with Gasteiger partial charge >= 0.3 is 0 Å². The number of rotatable bonds is 3. The molecule has 4 bridgehead atoms. The Morgan fingerprint density at radius 3 is 2.26 bits per heavy atom. The van der Waals surface area contributed by atoms with Crippen LogP contribution in [0.1, 0.15) is 48.9 Å². The Bertz CT molecular complexity index is 653. The van der Waals surface area contributed by atoms with Gasteiger partial charge in [0.1, 0.15) is 0 Å². The van der Waals surface area contributed by atoms with Crippen LogP contribution in [-0.4, -0.2) is 16.4 Å². The SMILES string of the molecule is O=C(NC12CC3CC(CC(C3)C1)C2)c1cc([N+](=O)[O-])ccc1Br. The molecule has 4 aliphatic rings. The topological polar surface area (TPSA) is 72.2 Å². The molecule has 5 rings (SSSR count). The Labute approximate surface area is 143 Å². The molecule has 1 aromatic rings. The third kappa shape index (κ3) is 2.67. The van der Waals surface area contributed by atoms with E-state index in [4.69, 9.17) is 0 Å². The molecule has 0 saturated heterocycles. The highest BCUT2D eigenvalue weighted by molar-refractivity contribution is 9.10. The van der Waals surface area contributed by atoms with Crippen LogP contribution in [0.5, 0.6) is 0 Å². The highest BCUT2D eigenvalue weighted by Gasteiger charge is 2.51. The lowest BCUT2D eigenvalue weighted by Gasteiger charge is -2.56. The Morgan fingerprint density at radius 2 is 1.74 bits per heavy atom. The van der Waals surface area contributed by atoms with Crippen LogP contribution >= 0.6 is 15.9 Å². The summed E-state index contributed by atoms with van der Waals surface area (Å²) in [5, 5.41) is 14.2. The average molecular weight is 379 g/mol. The van der Waals surface area contributed by atoms with Gasteiger partial charge in [-0.2, -0.15) is 0 Å². The van der Waals surface area contributed by atoms with Gasteiger partial charge in [0, 0.05) is 22.1 Å². The molecule has 4 aliphatic carbocycles. The summed E-state index contributed by atoms with van der Waals surface area (Å²) in [5.74, 6) is 2.04. The zero-order valence-electron chi connectivity index (χ0n) is 12.8. The fourth-order valence-corrected chi connectivity index (χ4v) is 5.80. The minimum Gasteiger partial charge on any atom is -0.347 e. The normalized spacial score (nSPS) is 34.4. The molecular weight excluding hydrogens is 360 g/mol. The number of nitro groups is 1. The molecule has 0 heterocycles. The zero-order valence-corrected chi connectivity index (χ0v) is 14.3. The second kappa shape index (κ2) is 5.30. The number of amides is 1. The van der Waals surface area contributed by atoms with Crippen LogP contribution in [0, 0.1) is 27.9 Å². The predicted molar refractivity (Wildman–Crippen MR) is 89.2 cm³/mol. The van der Waals surface area contributed by atoms with Gasteiger partial charge < -0.3 is 5.32 Å². The number of nitro benzene ring substituents is 1. The number of nitrogens with one attached hydrogen (secondary N) is 1. The summed E-state index contributed by atoms with van der Waals surface area (Å²) in [6.07, 6.45) is 7.15. The van der Waals surface area contributed by atoms with Crippen molar-refractivity contribution in [3.8, 4) is 0 Å². The molecule has 5 nitrogen and oxygen atoms in total. The van der Waals surface area contributed by atoms with Gasteiger partial charge in [-0.1, -0.05) is 0 Å². The average Bonchev–Trinajstić information content (AvgIpc) is 2.45. The Kier molecular flexibility index (Phi) is 3.48. The van der Waals surface area contributed by atoms with Gasteiger partial charge in [-0.15, -0.1) is 0 Å². The molecule has 1 N–H and O–H groups in total. The van der Waals surface area contributed by atoms with Crippen LogP contribution in [0.15, 0.2) is 22.7 Å². The lowest BCUT2D eigenvalue weighted by atomic mass is 9.53. The number of non-ortho nitro benzene ring substituents is 1. The van der Waals surface area contributed by atoms with Crippen molar-refractivity contribution in [2.24, 2.45) is 17.8 Å². The minimum atomic E-state index is -0.464. The van der Waals surface area contributed by atoms with E-state index in [0.29, 0.717) is 10.0 Å². The summed E-state index contributed by atoms with van der Waals surface area (Å²) in [6.45, 7) is 0. The number of halogens is 1. The molecule has 0 unspecified atom stereocenters. The molecule has 0 radical (unpaired) electrons. The van der Waals surface area contributed by atoms with Gasteiger partial charge in [-0.25, -0.2) is 0 Å². The lowest BCUT2D eigenvalue weighted by Crippen LogP contribution is -2.59. The van der Waals surface area contributed by atoms with Gasteiger partial charge in [-0.05, 0) is 78.3 Å². The van der Waals surface area contributed by atoms with E-state index in [9.17, 15) is 14.9 Å². The van der Waals surface area contributed by atoms with E-state index < -0.39 is 4.92 Å². The van der Waals surface area contributed by atoms with Crippen molar-refractivity contribution >= 4 is 27.5 Å². The maximum Gasteiger partial charge on any atom is 0.270 e. The highest BCUT2D eigenvalue weighted by atomic mass is 79.9. The molecule has 122 valence electrons. The Morgan fingerprint density at radius 1 is 1.17 bits per heavy atom. The van der Waals surface area contributed by atoms with Crippen LogP contribution in [0.2, 0.25) is 0 Å². The van der Waals surface area contributed by atoms with E-state index in [1.165, 1.54) is 31.4 Å². The maximum atomic E-state index is 12.8. The van der Waals surface area contributed by atoms with E-state index in [2.05, 4.69) is 21.2 Å². The quantitative estimate of drug-likeness (QED) is 0.636. The van der Waals surface area contributed by atoms with Gasteiger partial charge in [0.25, 0.3) is 11.6 Å². The van der Waals surface area contributed by atoms with Gasteiger partial charge in [0.15, 0.2) is 0 Å². The van der Waals surface area contributed by atoms with Crippen LogP contribution in [0.25, 0.3) is 0 Å². The number of carbonyl (C=O) groups is 1. The third-order valence-corrected chi connectivity index (χ3v) is 6.51. The number of carbonyl (C=O) groups excluding carboxylic acids is 1. The van der Waals surface area contributed by atoms with E-state index in [1.54, 1.807) is 6.07 Å². The van der Waals surface area contributed by atoms with Crippen molar-refractivity contribution < 1.29 is 9.72 Å². The fourth-order valence-electron chi connectivity index (χ4n) is 5.37. The predicted octanol–water partition coefficient (Wildman–Crippen LogP) is 4.06. The first kappa shape index (κ1) is 15.1. The van der Waals surface area contributed by atoms with Crippen molar-refractivity contribution in [3.05, 3.63) is 38.3 Å². The van der Waals surface area contributed by atoms with Crippen molar-refractivity contribution in [1.29, 1.82) is 0 Å². The first-order valence-corrected chi connectivity index (χ1v) is 9.00. The van der Waals surface area contributed by atoms with E-state index in [-0.39, 0.29) is 17.1 Å². The molecule has 1 aromatic carbocycles. The van der Waals surface area contributed by atoms with Crippen LogP contribution in [0.4, 0.5) is 5.69 Å². The first-order chi connectivity index (χ1) is 10.9. The van der Waals surface area contributed by atoms with Crippen molar-refractivity contribution in [2.75, 3.05) is 0 Å². The summed E-state index contributed by atoms with van der Waals surface area (Å²) in [4.78, 5) is 23.3. The molecule has 6 heteroatoms. The van der Waals surface area contributed by atoms with Crippen molar-refractivity contribution in [2.45, 2.75) is 44.1 Å². The van der Waals surface area contributed by atoms with Gasteiger partial charge in [-0.3, -0.25) is 14.9 Å². The van der Waals surface area contributed by atoms with Crippen molar-refractivity contribution in [1.82, 2.24) is 5.32 Å². The first-order valence-electron chi connectivity index (χ1n) is 8.20. The number of hydrogen-bond donors (Lipinski definition) is 1. The summed E-state index contributed by atoms with van der Waals surface area (Å²) >= 11 is 3.35. The van der Waals surface area contributed by atoms with Gasteiger partial charge in [0.2, 0.25) is 0 Å². The monoisotopic (exact) mass is 378 g/mol. The largest absolute Gasteiger partial charge is 0.347 e. The third-order valence-electron chi connectivity index (χ3n) is 5.82. The van der Waals surface area contributed by atoms with Gasteiger partial charge in [0.05, 0.1) is 10.5 Å². The number of nitrogens with zero attached hydrogens (tertiary/aromatic N) is 1. The second-order valence-electron chi connectivity index (χ2n) is 7.57. The van der Waals surface area contributed by atoms with E-state index in [0.717, 1.165) is 37.0 Å². The molecule has 0 atom stereocenters.